The fraction of sp³-hybridized carbons (Fsp3) is 0.579. The minimum Gasteiger partial charge on any atom is -0.378 e. The van der Waals surface area contributed by atoms with Crippen molar-refractivity contribution >= 4 is 17.5 Å². The number of hydrogen-bond acceptors (Lipinski definition) is 3. The van der Waals surface area contributed by atoms with Crippen molar-refractivity contribution in [2.24, 2.45) is 11.8 Å². The summed E-state index contributed by atoms with van der Waals surface area (Å²) in [5, 5.41) is 3.10. The van der Waals surface area contributed by atoms with Gasteiger partial charge < -0.3 is 15.0 Å². The molecule has 0 radical (unpaired) electrons. The van der Waals surface area contributed by atoms with Crippen molar-refractivity contribution in [2.45, 2.75) is 33.1 Å². The molecule has 2 fully saturated rings. The van der Waals surface area contributed by atoms with Crippen LogP contribution in [0.2, 0.25) is 0 Å². The Morgan fingerprint density at radius 3 is 2.33 bits per heavy atom. The first-order valence-electron chi connectivity index (χ1n) is 8.93. The van der Waals surface area contributed by atoms with E-state index in [-0.39, 0.29) is 23.7 Å². The molecule has 1 heterocycles. The van der Waals surface area contributed by atoms with Crippen LogP contribution in [0.5, 0.6) is 0 Å². The monoisotopic (exact) mass is 330 g/mol. The second-order valence-electron chi connectivity index (χ2n) is 6.53. The number of anilines is 1. The Bertz CT molecular complexity index is 601. The number of nitrogens with zero attached hydrogens (tertiary/aromatic N) is 1. The van der Waals surface area contributed by atoms with E-state index < -0.39 is 0 Å². The summed E-state index contributed by atoms with van der Waals surface area (Å²) in [5.74, 6) is -0.243. The summed E-state index contributed by atoms with van der Waals surface area (Å²) in [5.41, 5.74) is 3.25. The van der Waals surface area contributed by atoms with Gasteiger partial charge in [0, 0.05) is 18.8 Å². The van der Waals surface area contributed by atoms with Crippen LogP contribution >= 0.6 is 0 Å². The number of para-hydroxylation sites is 1. The SMILES string of the molecule is CCc1cccc(CC)c1NC(=O)C1CC1C(=O)N1CCOCC1. The molecule has 0 spiro atoms. The van der Waals surface area contributed by atoms with Crippen molar-refractivity contribution in [2.75, 3.05) is 31.6 Å². The van der Waals surface area contributed by atoms with Crippen molar-refractivity contribution in [3.8, 4) is 0 Å². The van der Waals surface area contributed by atoms with Crippen LogP contribution in [0, 0.1) is 11.8 Å². The lowest BCUT2D eigenvalue weighted by Gasteiger charge is -2.27. The van der Waals surface area contributed by atoms with Gasteiger partial charge in [-0.1, -0.05) is 32.0 Å². The fourth-order valence-corrected chi connectivity index (χ4v) is 3.39. The van der Waals surface area contributed by atoms with Gasteiger partial charge in [0.2, 0.25) is 11.8 Å². The summed E-state index contributed by atoms with van der Waals surface area (Å²) in [6, 6.07) is 6.14. The van der Waals surface area contributed by atoms with Gasteiger partial charge >= 0.3 is 0 Å². The summed E-state index contributed by atoms with van der Waals surface area (Å²) >= 11 is 0. The van der Waals surface area contributed by atoms with Crippen LogP contribution in [0.15, 0.2) is 18.2 Å². The van der Waals surface area contributed by atoms with Gasteiger partial charge in [0.05, 0.1) is 25.0 Å². The standard InChI is InChI=1S/C19H26N2O3/c1-3-13-6-5-7-14(4-2)17(13)20-18(22)15-12-16(15)19(23)21-8-10-24-11-9-21/h5-7,15-16H,3-4,8-12H2,1-2H3,(H,20,22). The molecule has 130 valence electrons. The number of rotatable bonds is 5. The Morgan fingerprint density at radius 2 is 1.75 bits per heavy atom. The predicted octanol–water partition coefficient (Wildman–Crippen LogP) is 2.24. The number of aryl methyl sites for hydroxylation is 2. The van der Waals surface area contributed by atoms with Crippen molar-refractivity contribution in [1.82, 2.24) is 4.90 Å². The topological polar surface area (TPSA) is 58.6 Å². The zero-order chi connectivity index (χ0) is 17.1. The molecular weight excluding hydrogens is 304 g/mol. The third-order valence-corrected chi connectivity index (χ3v) is 5.01. The molecule has 1 aliphatic carbocycles. The normalized spacial score (nSPS) is 23.0. The van der Waals surface area contributed by atoms with Crippen LogP contribution in [0.25, 0.3) is 0 Å². The minimum absolute atomic E-state index is 0.0165. The van der Waals surface area contributed by atoms with Crippen LogP contribution in [0.4, 0.5) is 5.69 Å². The number of ether oxygens (including phenoxy) is 1. The van der Waals surface area contributed by atoms with Crippen molar-refractivity contribution in [1.29, 1.82) is 0 Å². The van der Waals surface area contributed by atoms with E-state index in [0.717, 1.165) is 29.7 Å². The van der Waals surface area contributed by atoms with Crippen LogP contribution in [0.3, 0.4) is 0 Å². The molecule has 1 aromatic rings. The summed E-state index contributed by atoms with van der Waals surface area (Å²) in [6.45, 7) is 6.65. The highest BCUT2D eigenvalue weighted by atomic mass is 16.5. The molecule has 1 saturated heterocycles. The Balaban J connectivity index is 1.64. The lowest BCUT2D eigenvalue weighted by Crippen LogP contribution is -2.42. The van der Waals surface area contributed by atoms with Crippen molar-refractivity contribution in [3.63, 3.8) is 0 Å². The van der Waals surface area contributed by atoms with Gasteiger partial charge in [-0.3, -0.25) is 9.59 Å². The number of hydrogen-bond donors (Lipinski definition) is 1. The van der Waals surface area contributed by atoms with E-state index in [9.17, 15) is 9.59 Å². The van der Waals surface area contributed by atoms with Crippen LogP contribution < -0.4 is 5.32 Å². The maximum Gasteiger partial charge on any atom is 0.228 e. The lowest BCUT2D eigenvalue weighted by atomic mass is 10.0. The molecule has 2 amide bonds. The second kappa shape index (κ2) is 7.34. The molecule has 0 bridgehead atoms. The van der Waals surface area contributed by atoms with Crippen LogP contribution in [0.1, 0.15) is 31.4 Å². The maximum atomic E-state index is 12.6. The average Bonchev–Trinajstić information content (AvgIpc) is 3.42. The first-order chi connectivity index (χ1) is 11.7. The Morgan fingerprint density at radius 1 is 1.12 bits per heavy atom. The minimum atomic E-state index is -0.185. The van der Waals surface area contributed by atoms with Crippen molar-refractivity contribution in [3.05, 3.63) is 29.3 Å². The molecule has 1 N–H and O–H groups in total. The highest BCUT2D eigenvalue weighted by Gasteiger charge is 2.49. The van der Waals surface area contributed by atoms with E-state index in [4.69, 9.17) is 4.74 Å². The Labute approximate surface area is 143 Å². The molecule has 3 rings (SSSR count). The molecular formula is C19H26N2O3. The number of nitrogens with one attached hydrogen (secondary N) is 1. The summed E-state index contributed by atoms with van der Waals surface area (Å²) in [7, 11) is 0. The molecule has 1 aromatic carbocycles. The van der Waals surface area contributed by atoms with Gasteiger partial charge in [0.15, 0.2) is 0 Å². The smallest absolute Gasteiger partial charge is 0.228 e. The molecule has 2 unspecified atom stereocenters. The first kappa shape index (κ1) is 17.0. The van der Waals surface area contributed by atoms with E-state index in [2.05, 4.69) is 31.3 Å². The summed E-state index contributed by atoms with van der Waals surface area (Å²) < 4.78 is 5.28. The highest BCUT2D eigenvalue weighted by Crippen LogP contribution is 2.41. The number of benzene rings is 1. The van der Waals surface area contributed by atoms with Gasteiger partial charge in [-0.2, -0.15) is 0 Å². The average molecular weight is 330 g/mol. The van der Waals surface area contributed by atoms with E-state index in [1.165, 1.54) is 0 Å². The largest absolute Gasteiger partial charge is 0.378 e. The van der Waals surface area contributed by atoms with Crippen molar-refractivity contribution < 1.29 is 14.3 Å². The molecule has 2 aliphatic rings. The molecule has 5 heteroatoms. The molecule has 1 aliphatic heterocycles. The van der Waals surface area contributed by atoms with Gasteiger partial charge in [-0.15, -0.1) is 0 Å². The molecule has 24 heavy (non-hydrogen) atoms. The first-order valence-corrected chi connectivity index (χ1v) is 8.93. The van der Waals surface area contributed by atoms with Gasteiger partial charge in [0.1, 0.15) is 0 Å². The third kappa shape index (κ3) is 3.46. The van der Waals surface area contributed by atoms with E-state index in [1.807, 2.05) is 11.0 Å². The zero-order valence-corrected chi connectivity index (χ0v) is 14.5. The Kier molecular flexibility index (Phi) is 5.19. The lowest BCUT2D eigenvalue weighted by molar-refractivity contribution is -0.137. The van der Waals surface area contributed by atoms with Gasteiger partial charge in [-0.05, 0) is 30.4 Å². The number of carbonyl (C=O) groups is 2. The maximum absolute atomic E-state index is 12.6. The highest BCUT2D eigenvalue weighted by molar-refractivity contribution is 6.00. The molecule has 0 aromatic heterocycles. The Hall–Kier alpha value is -1.88. The molecule has 5 nitrogen and oxygen atoms in total. The van der Waals surface area contributed by atoms with E-state index in [0.29, 0.717) is 32.7 Å². The quantitative estimate of drug-likeness (QED) is 0.901. The number of carbonyl (C=O) groups excluding carboxylic acids is 2. The third-order valence-electron chi connectivity index (χ3n) is 5.01. The van der Waals surface area contributed by atoms with E-state index in [1.54, 1.807) is 0 Å². The second-order valence-corrected chi connectivity index (χ2v) is 6.53. The molecule has 2 atom stereocenters. The predicted molar refractivity (Wildman–Crippen MR) is 92.8 cm³/mol. The van der Waals surface area contributed by atoms with Crippen LogP contribution in [-0.4, -0.2) is 43.0 Å². The van der Waals surface area contributed by atoms with Gasteiger partial charge in [0.25, 0.3) is 0 Å². The van der Waals surface area contributed by atoms with Gasteiger partial charge in [-0.25, -0.2) is 0 Å². The summed E-state index contributed by atoms with van der Waals surface area (Å²) in [4.78, 5) is 26.9. The zero-order valence-electron chi connectivity index (χ0n) is 14.5. The van der Waals surface area contributed by atoms with Crippen LogP contribution in [-0.2, 0) is 27.2 Å². The summed E-state index contributed by atoms with van der Waals surface area (Å²) in [6.07, 6.45) is 2.42. The molecule has 1 saturated carbocycles. The fourth-order valence-electron chi connectivity index (χ4n) is 3.39. The number of morpholine rings is 1. The van der Waals surface area contributed by atoms with E-state index >= 15 is 0 Å². The number of amides is 2.